The first-order valence-electron chi connectivity index (χ1n) is 13.0. The highest BCUT2D eigenvalue weighted by Gasteiger charge is 2.64. The average molecular weight is 489 g/mol. The van der Waals surface area contributed by atoms with Gasteiger partial charge in [-0.25, -0.2) is 0 Å². The first-order valence-corrected chi connectivity index (χ1v) is 13.0. The molecule has 4 aliphatic rings. The molecule has 7 nitrogen and oxygen atoms in total. The van der Waals surface area contributed by atoms with Crippen LogP contribution in [-0.2, 0) is 23.9 Å². The molecule has 0 aromatic heterocycles. The Morgan fingerprint density at radius 1 is 1.20 bits per heavy atom. The number of fused-ring (bicyclic) bond motifs is 3. The molecule has 2 aliphatic carbocycles. The summed E-state index contributed by atoms with van der Waals surface area (Å²) in [6.45, 7) is 12.8. The second-order valence-electron chi connectivity index (χ2n) is 12.2. The highest BCUT2D eigenvalue weighted by molar-refractivity contribution is 6.24. The van der Waals surface area contributed by atoms with Gasteiger partial charge in [0.1, 0.15) is 11.4 Å². The molecule has 0 spiro atoms. The molecule has 0 bridgehead atoms. The first-order chi connectivity index (χ1) is 16.2. The van der Waals surface area contributed by atoms with Gasteiger partial charge in [0, 0.05) is 28.7 Å². The summed E-state index contributed by atoms with van der Waals surface area (Å²) in [5, 5.41) is 22.1. The molecule has 194 valence electrons. The van der Waals surface area contributed by atoms with E-state index in [9.17, 15) is 24.6 Å². The summed E-state index contributed by atoms with van der Waals surface area (Å²) in [6.07, 6.45) is 2.67. The van der Waals surface area contributed by atoms with Gasteiger partial charge in [-0.1, -0.05) is 27.7 Å². The number of allylic oxidation sites excluding steroid dienone is 2. The topological polar surface area (TPSA) is 110 Å². The molecule has 0 amide bonds. The maximum absolute atomic E-state index is 13.5. The molecule has 2 fully saturated rings. The van der Waals surface area contributed by atoms with Crippen LogP contribution in [0.3, 0.4) is 0 Å². The number of carbonyl (C=O) groups excluding carboxylic acids is 3. The van der Waals surface area contributed by atoms with Crippen molar-refractivity contribution in [1.29, 1.82) is 0 Å². The van der Waals surface area contributed by atoms with Crippen molar-refractivity contribution in [2.24, 2.45) is 23.2 Å². The minimum absolute atomic E-state index is 0.00380. The number of Topliss-reactive ketones (excluding diaryl/α,β-unsaturated/α-hetero) is 2. The molecule has 4 rings (SSSR count). The molecule has 1 saturated carbocycles. The molecule has 0 radical (unpaired) electrons. The van der Waals surface area contributed by atoms with Crippen molar-refractivity contribution in [3.63, 3.8) is 0 Å². The predicted octanol–water partition coefficient (Wildman–Crippen LogP) is 3.45. The van der Waals surface area contributed by atoms with Crippen LogP contribution in [0.5, 0.6) is 0 Å². The monoisotopic (exact) mass is 488 g/mol. The van der Waals surface area contributed by atoms with E-state index >= 15 is 0 Å². The van der Waals surface area contributed by atoms with Crippen molar-refractivity contribution >= 4 is 17.3 Å². The smallest absolute Gasteiger partial charge is 0.224 e. The Hall–Kier alpha value is -1.83. The second-order valence-corrected chi connectivity index (χ2v) is 12.2. The van der Waals surface area contributed by atoms with Crippen molar-refractivity contribution in [3.05, 3.63) is 23.0 Å². The third-order valence-electron chi connectivity index (χ3n) is 9.27. The SMILES string of the molecule is CC[C@H](C)C(=O)[C@@H](C)C1=CC(=O)C2=C(O[C@]3(C)CC[C@H]4O[C@@H](C(C)(C)O)CC[C@]4(C)[C@H]3[C@@H]2O)C1=O. The maximum Gasteiger partial charge on any atom is 0.224 e. The van der Waals surface area contributed by atoms with Gasteiger partial charge in [0.2, 0.25) is 5.78 Å². The van der Waals surface area contributed by atoms with E-state index in [1.54, 1.807) is 20.8 Å². The number of rotatable bonds is 5. The Morgan fingerprint density at radius 2 is 1.86 bits per heavy atom. The third-order valence-corrected chi connectivity index (χ3v) is 9.27. The molecule has 35 heavy (non-hydrogen) atoms. The lowest BCUT2D eigenvalue weighted by Gasteiger charge is -2.61. The average Bonchev–Trinajstić information content (AvgIpc) is 2.77. The number of ketones is 3. The van der Waals surface area contributed by atoms with Crippen LogP contribution in [0.1, 0.15) is 80.6 Å². The summed E-state index contributed by atoms with van der Waals surface area (Å²) in [6, 6.07) is 0. The van der Waals surface area contributed by atoms with Crippen molar-refractivity contribution in [1.82, 2.24) is 0 Å². The minimum atomic E-state index is -1.19. The van der Waals surface area contributed by atoms with Crippen molar-refractivity contribution in [2.45, 2.75) is 110 Å². The molecule has 1 saturated heterocycles. The summed E-state index contributed by atoms with van der Waals surface area (Å²) in [5.41, 5.74) is -2.20. The molecular formula is C28H40O7. The molecule has 0 aromatic rings. The number of hydrogen-bond acceptors (Lipinski definition) is 7. The van der Waals surface area contributed by atoms with E-state index in [4.69, 9.17) is 9.47 Å². The fourth-order valence-electron chi connectivity index (χ4n) is 6.91. The van der Waals surface area contributed by atoms with E-state index in [1.807, 2.05) is 20.8 Å². The van der Waals surface area contributed by atoms with Crippen LogP contribution < -0.4 is 0 Å². The second kappa shape index (κ2) is 8.63. The summed E-state index contributed by atoms with van der Waals surface area (Å²) in [4.78, 5) is 39.6. The summed E-state index contributed by atoms with van der Waals surface area (Å²) in [7, 11) is 0. The highest BCUT2D eigenvalue weighted by Crippen LogP contribution is 2.59. The Morgan fingerprint density at radius 3 is 2.46 bits per heavy atom. The van der Waals surface area contributed by atoms with Gasteiger partial charge >= 0.3 is 0 Å². The van der Waals surface area contributed by atoms with Gasteiger partial charge < -0.3 is 19.7 Å². The number of aliphatic hydroxyl groups is 2. The van der Waals surface area contributed by atoms with Gasteiger partial charge in [-0.15, -0.1) is 0 Å². The zero-order chi connectivity index (χ0) is 26.1. The molecule has 2 aliphatic heterocycles. The van der Waals surface area contributed by atoms with E-state index < -0.39 is 46.1 Å². The Kier molecular flexibility index (Phi) is 6.47. The highest BCUT2D eigenvalue weighted by atomic mass is 16.5. The van der Waals surface area contributed by atoms with Gasteiger partial charge in [0.25, 0.3) is 0 Å². The summed E-state index contributed by atoms with van der Waals surface area (Å²) >= 11 is 0. The van der Waals surface area contributed by atoms with Crippen LogP contribution in [-0.4, -0.2) is 57.1 Å². The van der Waals surface area contributed by atoms with Crippen molar-refractivity contribution in [3.8, 4) is 0 Å². The largest absolute Gasteiger partial charge is 0.482 e. The normalized spacial score (nSPS) is 39.1. The van der Waals surface area contributed by atoms with Gasteiger partial charge in [-0.05, 0) is 59.0 Å². The van der Waals surface area contributed by atoms with E-state index in [2.05, 4.69) is 6.92 Å². The fraction of sp³-hybridized carbons (Fsp3) is 0.750. The molecule has 0 aromatic carbocycles. The van der Waals surface area contributed by atoms with Crippen LogP contribution >= 0.6 is 0 Å². The zero-order valence-corrected chi connectivity index (χ0v) is 22.0. The Bertz CT molecular complexity index is 1000. The predicted molar refractivity (Wildman–Crippen MR) is 129 cm³/mol. The van der Waals surface area contributed by atoms with E-state index in [-0.39, 0.29) is 40.8 Å². The van der Waals surface area contributed by atoms with E-state index in [0.717, 1.165) is 0 Å². The minimum Gasteiger partial charge on any atom is -0.482 e. The summed E-state index contributed by atoms with van der Waals surface area (Å²) in [5.74, 6) is -2.53. The van der Waals surface area contributed by atoms with Gasteiger partial charge in [-0.3, -0.25) is 14.4 Å². The molecule has 8 atom stereocenters. The van der Waals surface area contributed by atoms with Crippen LogP contribution in [0, 0.1) is 23.2 Å². The molecule has 7 heteroatoms. The van der Waals surface area contributed by atoms with Gasteiger partial charge in [-0.2, -0.15) is 0 Å². The quantitative estimate of drug-likeness (QED) is 0.570. The van der Waals surface area contributed by atoms with Gasteiger partial charge in [0.05, 0.1) is 29.5 Å². The van der Waals surface area contributed by atoms with Crippen molar-refractivity contribution in [2.75, 3.05) is 0 Å². The maximum atomic E-state index is 13.5. The number of carbonyl (C=O) groups is 3. The molecular weight excluding hydrogens is 448 g/mol. The zero-order valence-electron chi connectivity index (χ0n) is 22.0. The molecule has 0 unspecified atom stereocenters. The van der Waals surface area contributed by atoms with Crippen molar-refractivity contribution < 1.29 is 34.1 Å². The fourth-order valence-corrected chi connectivity index (χ4v) is 6.91. The van der Waals surface area contributed by atoms with Crippen LogP contribution in [0.2, 0.25) is 0 Å². The van der Waals surface area contributed by atoms with E-state index in [0.29, 0.717) is 32.1 Å². The molecule has 2 N–H and O–H groups in total. The lowest BCUT2D eigenvalue weighted by molar-refractivity contribution is -0.260. The number of ether oxygens (including phenoxy) is 2. The lowest BCUT2D eigenvalue weighted by atomic mass is 9.52. The van der Waals surface area contributed by atoms with E-state index in [1.165, 1.54) is 6.08 Å². The molecule has 2 heterocycles. The lowest BCUT2D eigenvalue weighted by Crippen LogP contribution is -2.66. The van der Waals surface area contributed by atoms with Crippen LogP contribution in [0.15, 0.2) is 23.0 Å². The Balaban J connectivity index is 1.68. The number of aliphatic hydroxyl groups excluding tert-OH is 1. The van der Waals surface area contributed by atoms with Gasteiger partial charge in [0.15, 0.2) is 11.5 Å². The third kappa shape index (κ3) is 4.04. The van der Waals surface area contributed by atoms with Crippen LogP contribution in [0.25, 0.3) is 0 Å². The first kappa shape index (κ1) is 26.2. The standard InChI is InChI=1S/C28H40O7/c1-8-14(2)21(30)15(3)16-13-17(29)20-23(32)25-27(6)11-9-18(26(4,5)33)34-19(27)10-12-28(25,7)35-24(20)22(16)31/h13-15,18-19,23,25,32-33H,8-12H2,1-7H3/t14-,15-,18+,19+,23+,25+,27-,28+/m0/s1. The number of hydrogen-bond donors (Lipinski definition) is 2. The Labute approximate surface area is 207 Å². The summed E-state index contributed by atoms with van der Waals surface area (Å²) < 4.78 is 12.7. The van der Waals surface area contributed by atoms with Crippen LogP contribution in [0.4, 0.5) is 0 Å².